The molecule has 4 aliphatic rings. The van der Waals surface area contributed by atoms with Gasteiger partial charge < -0.3 is 59.4 Å². The highest BCUT2D eigenvalue weighted by atomic mass is 31.1. The smallest absolute Gasteiger partial charge is 0.484 e. The number of para-hydroxylation sites is 2. The number of primary amides is 1. The number of rotatable bonds is 33. The normalized spacial score (nSPS) is 22.8. The van der Waals surface area contributed by atoms with E-state index < -0.39 is 185 Å². The monoisotopic (exact) mass is 1560 g/mol. The third kappa shape index (κ3) is 19.1. The van der Waals surface area contributed by atoms with E-state index in [1.165, 1.54) is 54.1 Å². The van der Waals surface area contributed by atoms with Crippen LogP contribution in [0.5, 0.6) is 17.4 Å². The maximum Gasteiger partial charge on any atom is 0.697 e. The quantitative estimate of drug-likeness (QED) is 0.0149. The molecule has 0 radical (unpaired) electrons. The van der Waals surface area contributed by atoms with Crippen molar-refractivity contribution in [3.63, 3.8) is 0 Å². The van der Waals surface area contributed by atoms with Gasteiger partial charge in [-0.1, -0.05) is 36.4 Å². The number of carbonyl (C=O) groups is 5. The zero-order chi connectivity index (χ0) is 76.1. The number of nitrogens with zero attached hydrogens (tertiary/aromatic N) is 12. The van der Waals surface area contributed by atoms with Crippen molar-refractivity contribution >= 4 is 94.3 Å². The first-order chi connectivity index (χ1) is 52.1. The summed E-state index contributed by atoms with van der Waals surface area (Å²) in [4.78, 5) is 133. The Morgan fingerprint density at radius 1 is 0.639 bits per heavy atom. The molecule has 0 saturated carbocycles. The van der Waals surface area contributed by atoms with Crippen molar-refractivity contribution in [2.45, 2.75) is 120 Å². The molecule has 43 nitrogen and oxygen atoms in total. The number of nitriles is 1. The van der Waals surface area contributed by atoms with Crippen LogP contribution >= 0.6 is 24.8 Å². The molecule has 8 aromatic rings. The van der Waals surface area contributed by atoms with Gasteiger partial charge in [-0.3, -0.25) is 52.5 Å². The number of anilines is 3. The standard InChI is InChI=1S/C62H62N17O26P3/c1-32-22-77(62(88)74-57(32)85)48-18-36(102-59(86)53(64)84)41(99-48)24-95-107(90)105-39-21-50(79-31-68-52-56(79)73-60(75-58(52)92-17-9-15-63)72-46(83)28-94-35-12-7-4-8-13-35)101-43(39)26-97-108(91)104-38-20-49(78-30-67-51-54(65-29-66-55(51)78)71-45(82)27-93-34-10-5-3-6-11-34)100-42(38)25-96-106(89)103-37-19-47(98-40(37)23-80)76-16-14-44(69-33(2)81)70-61(76)87/h3-8,10-14,16,22,29-31,36-43,47-50,80H,9,17-21,23-28H2,1-2H3,(H3-3,64,65,66,69,70,71,72,73,74,75,81,82,83,84,85,87,88)/p+3/t36-,37-,38-,39-,40-,41-,42-,43-,47-,48-,49-,50-/m1/s1. The number of nitrogens with two attached hydrogens (primary N) is 1. The minimum Gasteiger partial charge on any atom is -0.484 e. The highest BCUT2D eigenvalue weighted by molar-refractivity contribution is 7.33. The van der Waals surface area contributed by atoms with Crippen LogP contribution in [0.25, 0.3) is 22.3 Å². The molecule has 0 bridgehead atoms. The lowest BCUT2D eigenvalue weighted by Crippen LogP contribution is -2.35. The molecule has 7 N–H and O–H groups in total. The van der Waals surface area contributed by atoms with Crippen LogP contribution in [0.3, 0.4) is 0 Å². The van der Waals surface area contributed by atoms with Gasteiger partial charge in [0, 0.05) is 64.3 Å². The first kappa shape index (κ1) is 76.8. The van der Waals surface area contributed by atoms with Crippen LogP contribution in [0.4, 0.5) is 17.6 Å². The second-order valence-electron chi connectivity index (χ2n) is 23.9. The maximum absolute atomic E-state index is 14.4. The van der Waals surface area contributed by atoms with Crippen LogP contribution in [0.15, 0.2) is 112 Å². The molecular formula is C62H65N17O26P3+3. The summed E-state index contributed by atoms with van der Waals surface area (Å²) in [5.41, 5.74) is 3.14. The average molecular weight is 1560 g/mol. The number of hydrogen-bond acceptors (Lipinski definition) is 34. The summed E-state index contributed by atoms with van der Waals surface area (Å²) in [5, 5.41) is 27.2. The molecular weight excluding hydrogens is 1490 g/mol. The Morgan fingerprint density at radius 2 is 1.17 bits per heavy atom. The number of esters is 1. The van der Waals surface area contributed by atoms with Crippen molar-refractivity contribution in [3.05, 3.63) is 135 Å². The number of H-pyrrole nitrogens is 1. The molecule has 566 valence electrons. The Bertz CT molecular complexity index is 4910. The summed E-state index contributed by atoms with van der Waals surface area (Å²) < 4.78 is 129. The molecule has 10 heterocycles. The Labute approximate surface area is 609 Å². The number of aliphatic hydroxyl groups excluding tert-OH is 1. The second-order valence-corrected chi connectivity index (χ2v) is 26.6. The highest BCUT2D eigenvalue weighted by Gasteiger charge is 2.51. The van der Waals surface area contributed by atoms with Gasteiger partial charge in [0.15, 0.2) is 41.4 Å². The van der Waals surface area contributed by atoms with E-state index in [1.807, 2.05) is 6.07 Å². The van der Waals surface area contributed by atoms with Crippen LogP contribution in [0.1, 0.15) is 69.5 Å². The van der Waals surface area contributed by atoms with Gasteiger partial charge in [-0.25, -0.2) is 34.3 Å². The summed E-state index contributed by atoms with van der Waals surface area (Å²) in [7, 11) is -9.71. The second kappa shape index (κ2) is 35.3. The van der Waals surface area contributed by atoms with Crippen molar-refractivity contribution in [2.75, 3.05) is 62.2 Å². The molecule has 4 fully saturated rings. The number of hydrogen-bond donors (Lipinski definition) is 6. The van der Waals surface area contributed by atoms with Gasteiger partial charge in [-0.2, -0.15) is 20.2 Å². The van der Waals surface area contributed by atoms with Gasteiger partial charge in [0.1, 0.15) is 124 Å². The van der Waals surface area contributed by atoms with Gasteiger partial charge in [-0.15, -0.1) is 27.1 Å². The fourth-order valence-electron chi connectivity index (χ4n) is 11.5. The highest BCUT2D eigenvalue weighted by Crippen LogP contribution is 2.45. The molecule has 46 heteroatoms. The van der Waals surface area contributed by atoms with E-state index in [-0.39, 0.29) is 90.1 Å². The molecule has 4 aliphatic heterocycles. The molecule has 4 amide bonds. The molecule has 3 unspecified atom stereocenters. The van der Waals surface area contributed by atoms with E-state index in [2.05, 4.69) is 55.8 Å². The minimum absolute atomic E-state index is 0.000403. The van der Waals surface area contributed by atoms with E-state index >= 15 is 0 Å². The number of aromatic nitrogens is 12. The molecule has 108 heavy (non-hydrogen) atoms. The summed E-state index contributed by atoms with van der Waals surface area (Å²) in [5.74, 6) is -4.36. The fraction of sp³-hybridized carbons (Fsp3) is 0.419. The first-order valence-electron chi connectivity index (χ1n) is 32.7. The number of fused-ring (bicyclic) bond motifs is 2. The topological polar surface area (TPSA) is 549 Å². The maximum atomic E-state index is 14.4. The zero-order valence-electron chi connectivity index (χ0n) is 56.6. The molecule has 12 rings (SSSR count). The van der Waals surface area contributed by atoms with Gasteiger partial charge in [-0.05, 0) is 37.3 Å². The number of carbonyl (C=O) groups excluding carboxylic acids is 5. The Morgan fingerprint density at radius 3 is 1.73 bits per heavy atom. The van der Waals surface area contributed by atoms with Gasteiger partial charge in [0.25, 0.3) is 17.4 Å². The van der Waals surface area contributed by atoms with Crippen LogP contribution < -0.4 is 52.8 Å². The average Bonchev–Trinajstić information content (AvgIpc) is 1.63. The number of aliphatic hydroxyl groups is 1. The summed E-state index contributed by atoms with van der Waals surface area (Å²) >= 11 is 0. The van der Waals surface area contributed by atoms with Crippen molar-refractivity contribution in [1.82, 2.24) is 58.1 Å². The Hall–Kier alpha value is -10.8. The molecule has 6 aromatic heterocycles. The lowest BCUT2D eigenvalue weighted by Gasteiger charge is -2.16. The number of aromatic amines is 1. The van der Waals surface area contributed by atoms with E-state index in [0.717, 1.165) is 15.5 Å². The largest absolute Gasteiger partial charge is 0.697 e. The predicted octanol–water partition coefficient (Wildman–Crippen LogP) is 2.78. The van der Waals surface area contributed by atoms with E-state index in [4.69, 9.17) is 70.8 Å². The lowest BCUT2D eigenvalue weighted by molar-refractivity contribution is -0.160. The number of amides is 4. The van der Waals surface area contributed by atoms with Crippen LogP contribution in [0, 0.1) is 18.3 Å². The number of aryl methyl sites for hydroxylation is 1. The number of benzene rings is 2. The molecule has 15 atom stereocenters. The molecule has 4 saturated heterocycles. The van der Waals surface area contributed by atoms with E-state index in [0.29, 0.717) is 11.5 Å². The minimum atomic E-state index is -3.29. The molecule has 0 spiro atoms. The van der Waals surface area contributed by atoms with Crippen molar-refractivity contribution < 1.29 is 108 Å². The Balaban J connectivity index is 0.780. The van der Waals surface area contributed by atoms with E-state index in [9.17, 15) is 62.4 Å². The third-order valence-corrected chi connectivity index (χ3v) is 18.9. The number of ether oxygens (including phenoxy) is 8. The zero-order valence-corrected chi connectivity index (χ0v) is 59.3. The summed E-state index contributed by atoms with van der Waals surface area (Å²) in [6.07, 6.45) is -9.62. The SMILES string of the molecule is CC(=O)Nc1ccn([C@H]2C[C@@H](O[P+](=O)OC[C@H]3O[C@@H](n4cnc5c(NC(=O)COc6ccccc6)ncnc54)C[C@H]3O[P+](=O)OC[C@H]3O[C@@H](n4cnc5c(OCCC#N)nc(NC(=O)COc6ccccc6)nc54)C[C@H]3O[P+](=O)OC[C@H]3O[C@@H](n4cc(C)c(=O)[nH]c4=O)C[C@H]3OC(=O)C(N)=O)[C@@H](CO)O2)c(=O)n1. The van der Waals surface area contributed by atoms with Crippen molar-refractivity contribution in [3.8, 4) is 23.4 Å². The van der Waals surface area contributed by atoms with Gasteiger partial charge in [0.05, 0.1) is 31.8 Å². The number of imidazole rings is 2. The summed E-state index contributed by atoms with van der Waals surface area (Å²) in [6.45, 7) is -1.03. The Kier molecular flexibility index (Phi) is 25.1. The van der Waals surface area contributed by atoms with Crippen LogP contribution in [-0.2, 0) is 88.5 Å². The summed E-state index contributed by atoms with van der Waals surface area (Å²) in [6, 6.07) is 20.3. The van der Waals surface area contributed by atoms with Crippen molar-refractivity contribution in [1.29, 1.82) is 5.26 Å². The van der Waals surface area contributed by atoms with Gasteiger partial charge >= 0.3 is 48.0 Å². The van der Waals surface area contributed by atoms with Crippen LogP contribution in [-0.4, -0.2) is 188 Å². The van der Waals surface area contributed by atoms with Crippen molar-refractivity contribution in [2.24, 2.45) is 5.73 Å². The number of nitrogens with one attached hydrogen (secondary N) is 4. The molecule has 0 aliphatic carbocycles. The third-order valence-electron chi connectivity index (χ3n) is 16.5. The van der Waals surface area contributed by atoms with E-state index in [1.54, 1.807) is 60.7 Å². The fourth-order valence-corrected chi connectivity index (χ4v) is 13.8. The molecule has 2 aromatic carbocycles. The van der Waals surface area contributed by atoms with Gasteiger partial charge in [0.2, 0.25) is 17.7 Å². The lowest BCUT2D eigenvalue weighted by atomic mass is 10.2. The van der Waals surface area contributed by atoms with Crippen LogP contribution in [0.2, 0.25) is 0 Å². The predicted molar refractivity (Wildman–Crippen MR) is 362 cm³/mol. The first-order valence-corrected chi connectivity index (χ1v) is 36.0.